The van der Waals surface area contributed by atoms with Crippen molar-refractivity contribution in [2.24, 2.45) is 0 Å². The number of ether oxygens (including phenoxy) is 1. The van der Waals surface area contributed by atoms with Crippen LogP contribution in [0.5, 0.6) is 0 Å². The van der Waals surface area contributed by atoms with Crippen molar-refractivity contribution in [3.63, 3.8) is 0 Å². The molecule has 0 unspecified atom stereocenters. The topological polar surface area (TPSA) is 111 Å². The van der Waals surface area contributed by atoms with E-state index in [1.165, 1.54) is 30.3 Å². The summed E-state index contributed by atoms with van der Waals surface area (Å²) in [5, 5.41) is 0.361. The van der Waals surface area contributed by atoms with Crippen LogP contribution in [0, 0.1) is 5.82 Å². The van der Waals surface area contributed by atoms with Gasteiger partial charge in [0, 0.05) is 17.0 Å². The number of hydrogen-bond donors (Lipinski definition) is 0. The van der Waals surface area contributed by atoms with Crippen LogP contribution in [-0.4, -0.2) is 41.9 Å². The lowest BCUT2D eigenvalue weighted by atomic mass is 10.0. The van der Waals surface area contributed by atoms with Gasteiger partial charge in [-0.05, 0) is 61.6 Å². The van der Waals surface area contributed by atoms with Crippen molar-refractivity contribution in [1.82, 2.24) is 0 Å². The number of nitrogens with zero attached hydrogens (tertiary/aromatic N) is 1. The van der Waals surface area contributed by atoms with Crippen molar-refractivity contribution in [3.8, 4) is 11.3 Å². The Kier molecular flexibility index (Phi) is 5.73. The number of hydrogen-bond acceptors (Lipinski definition) is 7. The fourth-order valence-electron chi connectivity index (χ4n) is 3.84. The summed E-state index contributed by atoms with van der Waals surface area (Å²) in [6.07, 6.45) is 3.12. The van der Waals surface area contributed by atoms with Gasteiger partial charge in [0.1, 0.15) is 22.7 Å². The second kappa shape index (κ2) is 8.14. The number of rotatable bonds is 7. The molecule has 1 aliphatic carbocycles. The van der Waals surface area contributed by atoms with Crippen LogP contribution in [-0.2, 0) is 24.8 Å². The summed E-state index contributed by atoms with van der Waals surface area (Å²) in [7, 11) is -8.37. The van der Waals surface area contributed by atoms with Gasteiger partial charge in [-0.2, -0.15) is 3.71 Å². The molecule has 33 heavy (non-hydrogen) atoms. The number of anilines is 1. The number of carbonyl (C=O) groups is 1. The molecule has 1 saturated carbocycles. The average molecular weight is 496 g/mol. The molecule has 2 aromatic carbocycles. The summed E-state index contributed by atoms with van der Waals surface area (Å²) < 4.78 is 74.7. The number of carbonyl (C=O) groups excluding carboxylic acids is 1. The standard InChI is InChI=1S/C22H22FNO7S2/c1-4-30-22(25)20-17-11-16(13-5-6-13)18(24(32(2,26)27)33(3,28)29)12-19(17)31-21(20)14-7-9-15(23)10-8-14/h7-13H,4-6H2,1-3H3. The van der Waals surface area contributed by atoms with Gasteiger partial charge in [-0.1, -0.05) is 0 Å². The van der Waals surface area contributed by atoms with E-state index in [0.717, 1.165) is 25.4 Å². The largest absolute Gasteiger partial charge is 0.462 e. The molecule has 1 aliphatic rings. The molecule has 0 bridgehead atoms. The maximum Gasteiger partial charge on any atom is 0.342 e. The van der Waals surface area contributed by atoms with Crippen LogP contribution in [0.25, 0.3) is 22.3 Å². The molecule has 0 aliphatic heterocycles. The molecule has 1 aromatic heterocycles. The Morgan fingerprint density at radius 3 is 2.21 bits per heavy atom. The molecule has 0 N–H and O–H groups in total. The number of sulfonamides is 2. The Bertz CT molecular complexity index is 1420. The van der Waals surface area contributed by atoms with Crippen LogP contribution in [0.3, 0.4) is 0 Å². The zero-order valence-electron chi connectivity index (χ0n) is 18.2. The molecule has 0 spiro atoms. The van der Waals surface area contributed by atoms with E-state index in [9.17, 15) is 26.0 Å². The molecule has 11 heteroatoms. The van der Waals surface area contributed by atoms with Crippen LogP contribution < -0.4 is 3.71 Å². The minimum atomic E-state index is -4.19. The first kappa shape index (κ1) is 23.2. The van der Waals surface area contributed by atoms with Crippen molar-refractivity contribution in [2.75, 3.05) is 22.8 Å². The number of halogens is 1. The Balaban J connectivity index is 2.05. The molecule has 0 amide bonds. The maximum absolute atomic E-state index is 13.5. The van der Waals surface area contributed by atoms with E-state index in [1.54, 1.807) is 13.0 Å². The number of fused-ring (bicyclic) bond motifs is 1. The quantitative estimate of drug-likeness (QED) is 0.455. The predicted octanol–water partition coefficient (Wildman–Crippen LogP) is 4.02. The normalized spacial score (nSPS) is 14.4. The van der Waals surface area contributed by atoms with Crippen LogP contribution in [0.1, 0.15) is 41.6 Å². The zero-order valence-corrected chi connectivity index (χ0v) is 19.8. The maximum atomic E-state index is 13.5. The van der Waals surface area contributed by atoms with E-state index in [0.29, 0.717) is 20.2 Å². The molecule has 8 nitrogen and oxygen atoms in total. The van der Waals surface area contributed by atoms with E-state index in [4.69, 9.17) is 9.15 Å². The SMILES string of the molecule is CCOC(=O)c1c(-c2ccc(F)cc2)oc2cc(N(S(C)(=O)=O)S(C)(=O)=O)c(C3CC3)cc12. The highest BCUT2D eigenvalue weighted by Crippen LogP contribution is 2.48. The van der Waals surface area contributed by atoms with Crippen LogP contribution >= 0.6 is 0 Å². The van der Waals surface area contributed by atoms with Gasteiger partial charge in [-0.25, -0.2) is 26.0 Å². The monoisotopic (exact) mass is 495 g/mol. The zero-order chi connectivity index (χ0) is 24.1. The molecule has 4 rings (SSSR count). The molecule has 1 fully saturated rings. The van der Waals surface area contributed by atoms with Crippen molar-refractivity contribution >= 4 is 42.7 Å². The van der Waals surface area contributed by atoms with E-state index in [1.807, 2.05) is 0 Å². The highest BCUT2D eigenvalue weighted by atomic mass is 32.3. The average Bonchev–Trinajstić information content (AvgIpc) is 3.46. The highest BCUT2D eigenvalue weighted by molar-refractivity contribution is 8.09. The van der Waals surface area contributed by atoms with E-state index in [-0.39, 0.29) is 35.1 Å². The third-order valence-electron chi connectivity index (χ3n) is 5.24. The summed E-state index contributed by atoms with van der Waals surface area (Å²) in [5.74, 6) is -1.07. The Hall–Kier alpha value is -2.92. The van der Waals surface area contributed by atoms with Gasteiger partial charge in [0.25, 0.3) is 0 Å². The Morgan fingerprint density at radius 2 is 1.70 bits per heavy atom. The molecular formula is C22H22FNO7S2. The highest BCUT2D eigenvalue weighted by Gasteiger charge is 2.36. The van der Waals surface area contributed by atoms with Gasteiger partial charge in [-0.3, -0.25) is 0 Å². The first-order chi connectivity index (χ1) is 15.4. The minimum absolute atomic E-state index is 0.0372. The van der Waals surface area contributed by atoms with Crippen molar-refractivity contribution < 1.29 is 35.2 Å². The molecule has 1 heterocycles. The molecule has 3 aromatic rings. The van der Waals surface area contributed by atoms with Crippen molar-refractivity contribution in [1.29, 1.82) is 0 Å². The Labute approximate surface area is 191 Å². The van der Waals surface area contributed by atoms with E-state index >= 15 is 0 Å². The number of benzene rings is 2. The summed E-state index contributed by atoms with van der Waals surface area (Å²) in [6, 6.07) is 8.23. The molecular weight excluding hydrogens is 473 g/mol. The number of esters is 1. The lowest BCUT2D eigenvalue weighted by molar-refractivity contribution is 0.0528. The third-order valence-corrected chi connectivity index (χ3v) is 8.46. The van der Waals surface area contributed by atoms with Gasteiger partial charge in [0.05, 0.1) is 24.8 Å². The number of furan rings is 1. The third kappa shape index (κ3) is 4.47. The minimum Gasteiger partial charge on any atom is -0.462 e. The first-order valence-corrected chi connectivity index (χ1v) is 13.9. The fraction of sp³-hybridized carbons (Fsp3) is 0.318. The van der Waals surface area contributed by atoms with Crippen LogP contribution in [0.2, 0.25) is 0 Å². The molecule has 0 atom stereocenters. The van der Waals surface area contributed by atoms with E-state index in [2.05, 4.69) is 0 Å². The summed E-state index contributed by atoms with van der Waals surface area (Å²) >= 11 is 0. The summed E-state index contributed by atoms with van der Waals surface area (Å²) in [5.41, 5.74) is 1.07. The summed E-state index contributed by atoms with van der Waals surface area (Å²) in [4.78, 5) is 12.9. The lowest BCUT2D eigenvalue weighted by Crippen LogP contribution is -2.35. The molecule has 176 valence electrons. The smallest absolute Gasteiger partial charge is 0.342 e. The van der Waals surface area contributed by atoms with Crippen molar-refractivity contribution in [2.45, 2.75) is 25.7 Å². The molecule has 0 radical (unpaired) electrons. The van der Waals surface area contributed by atoms with Crippen LogP contribution in [0.4, 0.5) is 10.1 Å². The predicted molar refractivity (Wildman–Crippen MR) is 122 cm³/mol. The van der Waals surface area contributed by atoms with Gasteiger partial charge < -0.3 is 9.15 Å². The summed E-state index contributed by atoms with van der Waals surface area (Å²) in [6.45, 7) is 1.76. The lowest BCUT2D eigenvalue weighted by Gasteiger charge is -2.22. The second-order valence-corrected chi connectivity index (χ2v) is 11.8. The van der Waals surface area contributed by atoms with Crippen LogP contribution in [0.15, 0.2) is 40.8 Å². The molecule has 0 saturated heterocycles. The van der Waals surface area contributed by atoms with Gasteiger partial charge in [0.2, 0.25) is 20.0 Å². The van der Waals surface area contributed by atoms with Gasteiger partial charge in [-0.15, -0.1) is 0 Å². The van der Waals surface area contributed by atoms with Gasteiger partial charge >= 0.3 is 5.97 Å². The Morgan fingerprint density at radius 1 is 1.09 bits per heavy atom. The first-order valence-electron chi connectivity index (χ1n) is 10.2. The van der Waals surface area contributed by atoms with E-state index < -0.39 is 31.8 Å². The van der Waals surface area contributed by atoms with Crippen molar-refractivity contribution in [3.05, 3.63) is 53.3 Å². The fourth-order valence-corrected chi connectivity index (χ4v) is 6.84. The second-order valence-electron chi connectivity index (χ2n) is 7.94. The van der Waals surface area contributed by atoms with Gasteiger partial charge in [0.15, 0.2) is 0 Å².